The Bertz CT molecular complexity index is 562. The van der Waals surface area contributed by atoms with Gasteiger partial charge in [-0.15, -0.1) is 0 Å². The molecule has 0 spiro atoms. The van der Waals surface area contributed by atoms with Crippen LogP contribution >= 0.6 is 0 Å². The van der Waals surface area contributed by atoms with Crippen LogP contribution in [-0.4, -0.2) is 14.1 Å². The largest absolute Gasteiger partial charge is 0.378 e. The molecule has 2 aromatic rings. The van der Waals surface area contributed by atoms with Gasteiger partial charge in [0.25, 0.3) is 0 Å². The molecule has 1 nitrogen and oxygen atoms in total. The SMILES string of the molecule is C=C/C=C(/c1ccccc1)c1ccc(N(C)C)cc1. The third kappa shape index (κ3) is 3.14. The second-order valence-electron chi connectivity index (χ2n) is 4.62. The molecular weight excluding hydrogens is 230 g/mol. The molecule has 2 aromatic carbocycles. The highest BCUT2D eigenvalue weighted by atomic mass is 15.1. The molecule has 0 unspecified atom stereocenters. The number of hydrogen-bond acceptors (Lipinski definition) is 1. The van der Waals surface area contributed by atoms with Crippen molar-refractivity contribution < 1.29 is 0 Å². The third-order valence-electron chi connectivity index (χ3n) is 3.06. The highest BCUT2D eigenvalue weighted by Gasteiger charge is 2.04. The molecule has 0 amide bonds. The molecule has 0 bridgehead atoms. The molecule has 0 heterocycles. The molecule has 1 heteroatoms. The lowest BCUT2D eigenvalue weighted by Crippen LogP contribution is -2.08. The summed E-state index contributed by atoms with van der Waals surface area (Å²) in [6, 6.07) is 19.0. The summed E-state index contributed by atoms with van der Waals surface area (Å²) in [5.41, 5.74) is 4.81. The van der Waals surface area contributed by atoms with Crippen molar-refractivity contribution in [2.24, 2.45) is 0 Å². The summed E-state index contributed by atoms with van der Waals surface area (Å²) in [6.45, 7) is 3.81. The highest BCUT2D eigenvalue weighted by molar-refractivity contribution is 5.81. The Balaban J connectivity index is 2.41. The first-order valence-electron chi connectivity index (χ1n) is 6.38. The van der Waals surface area contributed by atoms with Gasteiger partial charge in [-0.1, -0.05) is 61.2 Å². The minimum Gasteiger partial charge on any atom is -0.378 e. The minimum absolute atomic E-state index is 1.20. The molecule has 0 aliphatic carbocycles. The smallest absolute Gasteiger partial charge is 0.0361 e. The Hall–Kier alpha value is -2.28. The zero-order valence-electron chi connectivity index (χ0n) is 11.5. The van der Waals surface area contributed by atoms with Crippen LogP contribution < -0.4 is 4.90 Å². The highest BCUT2D eigenvalue weighted by Crippen LogP contribution is 2.25. The zero-order valence-corrected chi connectivity index (χ0v) is 11.5. The van der Waals surface area contributed by atoms with E-state index in [1.54, 1.807) is 0 Å². The van der Waals surface area contributed by atoms with Gasteiger partial charge in [-0.05, 0) is 28.8 Å². The number of nitrogens with zero attached hydrogens (tertiary/aromatic N) is 1. The first-order valence-corrected chi connectivity index (χ1v) is 6.38. The first-order chi connectivity index (χ1) is 9.22. The molecule has 0 fully saturated rings. The lowest BCUT2D eigenvalue weighted by Gasteiger charge is -2.14. The second kappa shape index (κ2) is 6.05. The van der Waals surface area contributed by atoms with Crippen LogP contribution in [-0.2, 0) is 0 Å². The number of anilines is 1. The monoisotopic (exact) mass is 249 g/mol. The van der Waals surface area contributed by atoms with E-state index in [-0.39, 0.29) is 0 Å². The quantitative estimate of drug-likeness (QED) is 0.727. The number of allylic oxidation sites excluding steroid dienone is 2. The predicted octanol–water partition coefficient (Wildman–Crippen LogP) is 4.37. The maximum absolute atomic E-state index is 3.81. The van der Waals surface area contributed by atoms with Crippen LogP contribution in [0.25, 0.3) is 5.57 Å². The minimum atomic E-state index is 1.20. The average Bonchev–Trinajstić information content (AvgIpc) is 2.46. The molecule has 2 rings (SSSR count). The van der Waals surface area contributed by atoms with Gasteiger partial charge in [0.05, 0.1) is 0 Å². The van der Waals surface area contributed by atoms with Gasteiger partial charge in [-0.3, -0.25) is 0 Å². The Labute approximate surface area is 115 Å². The van der Waals surface area contributed by atoms with Crippen molar-refractivity contribution in [3.8, 4) is 0 Å². The normalized spacial score (nSPS) is 11.2. The van der Waals surface area contributed by atoms with Crippen molar-refractivity contribution >= 4 is 11.3 Å². The molecule has 19 heavy (non-hydrogen) atoms. The first kappa shape index (κ1) is 13.2. The third-order valence-corrected chi connectivity index (χ3v) is 3.06. The van der Waals surface area contributed by atoms with E-state index < -0.39 is 0 Å². The van der Waals surface area contributed by atoms with E-state index in [0.29, 0.717) is 0 Å². The van der Waals surface area contributed by atoms with Crippen molar-refractivity contribution in [3.05, 3.63) is 84.5 Å². The van der Waals surface area contributed by atoms with E-state index in [2.05, 4.69) is 66.1 Å². The summed E-state index contributed by atoms with van der Waals surface area (Å²) < 4.78 is 0. The summed E-state index contributed by atoms with van der Waals surface area (Å²) in [4.78, 5) is 2.10. The number of hydrogen-bond donors (Lipinski definition) is 0. The summed E-state index contributed by atoms with van der Waals surface area (Å²) in [7, 11) is 4.10. The molecule has 0 aliphatic rings. The van der Waals surface area contributed by atoms with Crippen molar-refractivity contribution in [2.45, 2.75) is 0 Å². The van der Waals surface area contributed by atoms with Gasteiger partial charge in [0.1, 0.15) is 0 Å². The van der Waals surface area contributed by atoms with Crippen LogP contribution in [0.5, 0.6) is 0 Å². The lowest BCUT2D eigenvalue weighted by molar-refractivity contribution is 1.13. The molecular formula is C18H19N. The molecule has 0 saturated carbocycles. The van der Waals surface area contributed by atoms with Crippen LogP contribution in [0, 0.1) is 0 Å². The van der Waals surface area contributed by atoms with E-state index in [1.165, 1.54) is 22.4 Å². The van der Waals surface area contributed by atoms with Gasteiger partial charge in [-0.2, -0.15) is 0 Å². The standard InChI is InChI=1S/C18H19N/c1-4-8-18(15-9-6-5-7-10-15)16-11-13-17(14-12-16)19(2)3/h4-14H,1H2,2-3H3/b18-8-. The summed E-state index contributed by atoms with van der Waals surface area (Å²) in [6.07, 6.45) is 3.89. The van der Waals surface area contributed by atoms with Crippen LogP contribution in [0.3, 0.4) is 0 Å². The van der Waals surface area contributed by atoms with Crippen molar-refractivity contribution in [1.82, 2.24) is 0 Å². The van der Waals surface area contributed by atoms with Gasteiger partial charge in [0.2, 0.25) is 0 Å². The maximum Gasteiger partial charge on any atom is 0.0361 e. The lowest BCUT2D eigenvalue weighted by atomic mass is 9.97. The number of rotatable bonds is 4. The van der Waals surface area contributed by atoms with Gasteiger partial charge >= 0.3 is 0 Å². The Morgan fingerprint density at radius 2 is 1.47 bits per heavy atom. The van der Waals surface area contributed by atoms with Gasteiger partial charge in [-0.25, -0.2) is 0 Å². The van der Waals surface area contributed by atoms with Crippen LogP contribution in [0.1, 0.15) is 11.1 Å². The molecule has 0 N–H and O–H groups in total. The van der Waals surface area contributed by atoms with Crippen molar-refractivity contribution in [2.75, 3.05) is 19.0 Å². The van der Waals surface area contributed by atoms with Crippen LogP contribution in [0.15, 0.2) is 73.3 Å². The van der Waals surface area contributed by atoms with E-state index in [4.69, 9.17) is 0 Å². The molecule has 0 saturated heterocycles. The summed E-state index contributed by atoms with van der Waals surface area (Å²) in [5, 5.41) is 0. The molecule has 0 radical (unpaired) electrons. The molecule has 0 atom stereocenters. The zero-order chi connectivity index (χ0) is 13.7. The fourth-order valence-corrected chi connectivity index (χ4v) is 2.03. The molecule has 0 aromatic heterocycles. The van der Waals surface area contributed by atoms with Crippen molar-refractivity contribution in [3.63, 3.8) is 0 Å². The topological polar surface area (TPSA) is 3.24 Å². The predicted molar refractivity (Wildman–Crippen MR) is 84.5 cm³/mol. The molecule has 96 valence electrons. The Kier molecular flexibility index (Phi) is 4.19. The van der Waals surface area contributed by atoms with E-state index in [9.17, 15) is 0 Å². The summed E-state index contributed by atoms with van der Waals surface area (Å²) >= 11 is 0. The summed E-state index contributed by atoms with van der Waals surface area (Å²) in [5.74, 6) is 0. The fraction of sp³-hybridized carbons (Fsp3) is 0.111. The van der Waals surface area contributed by atoms with E-state index in [1.807, 2.05) is 26.2 Å². The van der Waals surface area contributed by atoms with Gasteiger partial charge < -0.3 is 4.90 Å². The van der Waals surface area contributed by atoms with E-state index in [0.717, 1.165) is 0 Å². The Morgan fingerprint density at radius 3 is 2.00 bits per heavy atom. The average molecular weight is 249 g/mol. The molecule has 0 aliphatic heterocycles. The fourth-order valence-electron chi connectivity index (χ4n) is 2.03. The van der Waals surface area contributed by atoms with Gasteiger partial charge in [0, 0.05) is 19.8 Å². The maximum atomic E-state index is 3.81. The Morgan fingerprint density at radius 1 is 0.895 bits per heavy atom. The van der Waals surface area contributed by atoms with Crippen LogP contribution in [0.2, 0.25) is 0 Å². The van der Waals surface area contributed by atoms with E-state index >= 15 is 0 Å². The van der Waals surface area contributed by atoms with Gasteiger partial charge in [0.15, 0.2) is 0 Å². The van der Waals surface area contributed by atoms with Crippen molar-refractivity contribution in [1.29, 1.82) is 0 Å². The second-order valence-corrected chi connectivity index (χ2v) is 4.62. The number of benzene rings is 2. The van der Waals surface area contributed by atoms with Crippen LogP contribution in [0.4, 0.5) is 5.69 Å².